The normalized spacial score (nSPS) is 23.2. The highest BCUT2D eigenvalue weighted by molar-refractivity contribution is 7.92. The SMILES string of the molecule is CN(C)[C@H]1C(OC=O)CCC[C@@H]1Nc1cc(F)c(S(=O)(=O)Nc2ccncn2)cc1C1CC1. The van der Waals surface area contributed by atoms with Crippen LogP contribution in [0, 0.1) is 5.82 Å². The van der Waals surface area contributed by atoms with E-state index in [-0.39, 0.29) is 29.9 Å². The lowest BCUT2D eigenvalue weighted by Gasteiger charge is -2.41. The van der Waals surface area contributed by atoms with Crippen molar-refractivity contribution in [2.75, 3.05) is 24.1 Å². The number of nitrogens with one attached hydrogen (secondary N) is 2. The fourth-order valence-corrected chi connectivity index (χ4v) is 5.69. The van der Waals surface area contributed by atoms with E-state index in [9.17, 15) is 13.2 Å². The zero-order chi connectivity index (χ0) is 23.6. The summed E-state index contributed by atoms with van der Waals surface area (Å²) >= 11 is 0. The molecule has 11 heteroatoms. The minimum atomic E-state index is -4.17. The van der Waals surface area contributed by atoms with Crippen LogP contribution in [0.4, 0.5) is 15.9 Å². The monoisotopic (exact) mass is 477 g/mol. The summed E-state index contributed by atoms with van der Waals surface area (Å²) in [6.45, 7) is 0.475. The number of sulfonamides is 1. The fraction of sp³-hybridized carbons (Fsp3) is 0.500. The third kappa shape index (κ3) is 5.25. The molecule has 0 spiro atoms. The Kier molecular flexibility index (Phi) is 6.80. The molecule has 2 N–H and O–H groups in total. The smallest absolute Gasteiger partial charge is 0.293 e. The van der Waals surface area contributed by atoms with Gasteiger partial charge in [0.2, 0.25) is 0 Å². The van der Waals surface area contributed by atoms with Gasteiger partial charge in [0.1, 0.15) is 29.0 Å². The van der Waals surface area contributed by atoms with E-state index < -0.39 is 20.7 Å². The first-order valence-electron chi connectivity index (χ1n) is 10.9. The molecule has 1 aromatic heterocycles. The van der Waals surface area contributed by atoms with Gasteiger partial charge in [-0.2, -0.15) is 0 Å². The summed E-state index contributed by atoms with van der Waals surface area (Å²) in [6.07, 6.45) is 6.61. The predicted molar refractivity (Wildman–Crippen MR) is 121 cm³/mol. The molecule has 2 saturated carbocycles. The van der Waals surface area contributed by atoms with Crippen molar-refractivity contribution in [3.8, 4) is 0 Å². The number of hydrogen-bond acceptors (Lipinski definition) is 8. The van der Waals surface area contributed by atoms with Crippen molar-refractivity contribution in [2.24, 2.45) is 0 Å². The Morgan fingerprint density at radius 1 is 1.21 bits per heavy atom. The first kappa shape index (κ1) is 23.4. The third-order valence-electron chi connectivity index (χ3n) is 6.20. The molecule has 2 aliphatic carbocycles. The summed E-state index contributed by atoms with van der Waals surface area (Å²) in [5.74, 6) is -0.609. The van der Waals surface area contributed by atoms with Crippen molar-refractivity contribution in [3.05, 3.63) is 42.1 Å². The number of benzene rings is 1. The third-order valence-corrected chi connectivity index (χ3v) is 7.57. The Morgan fingerprint density at radius 3 is 2.64 bits per heavy atom. The molecule has 1 heterocycles. The maximum Gasteiger partial charge on any atom is 0.293 e. The number of hydrogen-bond donors (Lipinski definition) is 2. The topological polar surface area (TPSA) is 114 Å². The molecule has 0 radical (unpaired) electrons. The molecule has 1 aromatic carbocycles. The molecule has 33 heavy (non-hydrogen) atoms. The number of carbonyl (C=O) groups is 1. The summed E-state index contributed by atoms with van der Waals surface area (Å²) in [6, 6.07) is 3.90. The van der Waals surface area contributed by atoms with Gasteiger partial charge in [-0.15, -0.1) is 0 Å². The minimum absolute atomic E-state index is 0.0665. The van der Waals surface area contributed by atoms with Crippen molar-refractivity contribution in [3.63, 3.8) is 0 Å². The van der Waals surface area contributed by atoms with Gasteiger partial charge in [0.05, 0.1) is 6.04 Å². The molecule has 9 nitrogen and oxygen atoms in total. The summed E-state index contributed by atoms with van der Waals surface area (Å²) < 4.78 is 48.6. The van der Waals surface area contributed by atoms with Crippen LogP contribution in [-0.2, 0) is 19.6 Å². The van der Waals surface area contributed by atoms with E-state index in [2.05, 4.69) is 20.0 Å². The Labute approximate surface area is 192 Å². The predicted octanol–water partition coefficient (Wildman–Crippen LogP) is 2.73. The lowest BCUT2D eigenvalue weighted by molar-refractivity contribution is -0.138. The number of halogens is 1. The van der Waals surface area contributed by atoms with E-state index in [4.69, 9.17) is 4.74 Å². The molecule has 0 amide bonds. The Balaban J connectivity index is 1.64. The molecule has 3 atom stereocenters. The molecule has 1 unspecified atom stereocenters. The standard InChI is InChI=1S/C22H28FN5O4S/c1-28(2)22-17(4-3-5-19(22)32-13-29)26-18-11-16(23)20(10-15(18)14-6-7-14)33(30,31)27-21-8-9-24-12-25-21/h8-14,17,19,22,26H,3-7H2,1-2H3,(H,24,25,27)/t17-,19?,22+/m0/s1. The Bertz CT molecular complexity index is 1100. The molecule has 2 aliphatic rings. The van der Waals surface area contributed by atoms with Gasteiger partial charge >= 0.3 is 0 Å². The summed E-state index contributed by atoms with van der Waals surface area (Å²) in [5.41, 5.74) is 1.36. The van der Waals surface area contributed by atoms with Gasteiger partial charge in [-0.25, -0.2) is 22.8 Å². The fourth-order valence-electron chi connectivity index (χ4n) is 4.59. The van der Waals surface area contributed by atoms with Crippen LogP contribution in [0.25, 0.3) is 0 Å². The maximum atomic E-state index is 15.1. The average Bonchev–Trinajstić information content (AvgIpc) is 3.59. The van der Waals surface area contributed by atoms with Gasteiger partial charge in [-0.1, -0.05) is 0 Å². The van der Waals surface area contributed by atoms with E-state index in [0.717, 1.165) is 37.7 Å². The molecular weight excluding hydrogens is 449 g/mol. The summed E-state index contributed by atoms with van der Waals surface area (Å²) in [4.78, 5) is 20.2. The number of aromatic nitrogens is 2. The van der Waals surface area contributed by atoms with Crippen LogP contribution in [0.2, 0.25) is 0 Å². The van der Waals surface area contributed by atoms with Crippen LogP contribution in [-0.4, -0.2) is 62.0 Å². The van der Waals surface area contributed by atoms with Gasteiger partial charge in [0.25, 0.3) is 16.5 Å². The first-order valence-corrected chi connectivity index (χ1v) is 12.4. The van der Waals surface area contributed by atoms with Gasteiger partial charge in [0.15, 0.2) is 0 Å². The van der Waals surface area contributed by atoms with Crippen molar-refractivity contribution in [2.45, 2.75) is 61.1 Å². The average molecular weight is 478 g/mol. The van der Waals surface area contributed by atoms with Crippen LogP contribution in [0.3, 0.4) is 0 Å². The number of rotatable bonds is 9. The summed E-state index contributed by atoms with van der Waals surface area (Å²) in [5, 5.41) is 3.45. The van der Waals surface area contributed by atoms with Crippen molar-refractivity contribution < 1.29 is 22.3 Å². The van der Waals surface area contributed by atoms with Crippen molar-refractivity contribution in [1.29, 1.82) is 0 Å². The van der Waals surface area contributed by atoms with Crippen LogP contribution >= 0.6 is 0 Å². The zero-order valence-electron chi connectivity index (χ0n) is 18.6. The van der Waals surface area contributed by atoms with Crippen LogP contribution in [0.15, 0.2) is 35.6 Å². The molecule has 0 bridgehead atoms. The molecule has 2 fully saturated rings. The molecule has 4 rings (SSSR count). The second kappa shape index (κ2) is 9.60. The zero-order valence-corrected chi connectivity index (χ0v) is 19.4. The molecule has 0 saturated heterocycles. The van der Waals surface area contributed by atoms with Crippen LogP contribution in [0.1, 0.15) is 43.6 Å². The van der Waals surface area contributed by atoms with Gasteiger partial charge in [-0.3, -0.25) is 9.52 Å². The molecule has 0 aliphatic heterocycles. The Hall–Kier alpha value is -2.79. The first-order chi connectivity index (χ1) is 15.8. The van der Waals surface area contributed by atoms with Crippen molar-refractivity contribution >= 4 is 28.0 Å². The lowest BCUT2D eigenvalue weighted by Crippen LogP contribution is -2.54. The highest BCUT2D eigenvalue weighted by atomic mass is 32.2. The van der Waals surface area contributed by atoms with E-state index >= 15 is 4.39 Å². The second-order valence-corrected chi connectivity index (χ2v) is 10.4. The van der Waals surface area contributed by atoms with E-state index in [1.54, 1.807) is 0 Å². The van der Waals surface area contributed by atoms with E-state index in [1.807, 2.05) is 19.0 Å². The maximum absolute atomic E-state index is 15.1. The summed E-state index contributed by atoms with van der Waals surface area (Å²) in [7, 11) is -0.334. The number of nitrogens with zero attached hydrogens (tertiary/aromatic N) is 3. The largest absolute Gasteiger partial charge is 0.463 e. The second-order valence-electron chi connectivity index (χ2n) is 8.75. The van der Waals surface area contributed by atoms with E-state index in [1.165, 1.54) is 30.7 Å². The van der Waals surface area contributed by atoms with Crippen LogP contribution < -0.4 is 10.0 Å². The minimum Gasteiger partial charge on any atom is -0.463 e. The van der Waals surface area contributed by atoms with Crippen molar-refractivity contribution in [1.82, 2.24) is 14.9 Å². The number of ether oxygens (including phenoxy) is 1. The molecule has 2 aromatic rings. The van der Waals surface area contributed by atoms with Gasteiger partial charge in [0, 0.05) is 17.9 Å². The number of likely N-dealkylation sites (N-methyl/N-ethyl adjacent to an activating group) is 1. The van der Waals surface area contributed by atoms with Crippen LogP contribution in [0.5, 0.6) is 0 Å². The Morgan fingerprint density at radius 2 is 2.00 bits per heavy atom. The quantitative estimate of drug-likeness (QED) is 0.530. The molecular formula is C22H28FN5O4S. The highest BCUT2D eigenvalue weighted by Gasteiger charge is 2.38. The number of anilines is 2. The van der Waals surface area contributed by atoms with Gasteiger partial charge < -0.3 is 15.0 Å². The number of carbonyl (C=O) groups excluding carboxylic acids is 1. The molecule has 178 valence electrons. The van der Waals surface area contributed by atoms with E-state index in [0.29, 0.717) is 12.2 Å². The highest BCUT2D eigenvalue weighted by Crippen LogP contribution is 2.45. The lowest BCUT2D eigenvalue weighted by atomic mass is 9.86. The van der Waals surface area contributed by atoms with Gasteiger partial charge in [-0.05, 0) is 75.9 Å².